The summed E-state index contributed by atoms with van der Waals surface area (Å²) in [6.07, 6.45) is 0. The molecule has 2 rings (SSSR count). The highest BCUT2D eigenvalue weighted by Gasteiger charge is 2.17. The van der Waals surface area contributed by atoms with Crippen LogP contribution in [-0.4, -0.2) is 21.4 Å². The third-order valence-corrected chi connectivity index (χ3v) is 2.83. The van der Waals surface area contributed by atoms with E-state index in [-0.39, 0.29) is 17.1 Å². The van der Waals surface area contributed by atoms with Crippen LogP contribution in [0.4, 0.5) is 0 Å². The summed E-state index contributed by atoms with van der Waals surface area (Å²) in [5, 5.41) is 2.81. The van der Waals surface area contributed by atoms with Gasteiger partial charge in [0.2, 0.25) is 0 Å². The van der Waals surface area contributed by atoms with E-state index in [1.807, 2.05) is 52.0 Å². The van der Waals surface area contributed by atoms with Gasteiger partial charge in [0.05, 0.1) is 5.69 Å². The van der Waals surface area contributed by atoms with Crippen molar-refractivity contribution in [2.75, 3.05) is 0 Å². The van der Waals surface area contributed by atoms with Crippen LogP contribution in [0.2, 0.25) is 0 Å². The van der Waals surface area contributed by atoms with E-state index in [2.05, 4.69) is 15.3 Å². The molecule has 0 fully saturated rings. The van der Waals surface area contributed by atoms with Gasteiger partial charge in [-0.25, -0.2) is 4.79 Å². The second kappa shape index (κ2) is 5.52. The monoisotopic (exact) mass is 285 g/mol. The number of carbonyl (C=O) groups is 1. The summed E-state index contributed by atoms with van der Waals surface area (Å²) in [5.74, 6) is -0.324. The van der Waals surface area contributed by atoms with Gasteiger partial charge in [-0.05, 0) is 33.8 Å². The smallest absolute Gasteiger partial charge is 0.346 e. The fourth-order valence-electron chi connectivity index (χ4n) is 1.86. The highest BCUT2D eigenvalue weighted by Crippen LogP contribution is 2.17. The van der Waals surface area contributed by atoms with Crippen molar-refractivity contribution < 1.29 is 4.79 Å². The number of aryl methyl sites for hydroxylation is 1. The van der Waals surface area contributed by atoms with Crippen molar-refractivity contribution >= 4 is 5.91 Å². The Labute approximate surface area is 123 Å². The molecule has 0 bridgehead atoms. The van der Waals surface area contributed by atoms with Crippen molar-refractivity contribution in [1.82, 2.24) is 15.3 Å². The number of nitrogens with zero attached hydrogens (tertiary/aromatic N) is 1. The number of hydrogen-bond acceptors (Lipinski definition) is 3. The van der Waals surface area contributed by atoms with Gasteiger partial charge in [0.15, 0.2) is 0 Å². The number of aromatic nitrogens is 2. The van der Waals surface area contributed by atoms with E-state index in [4.69, 9.17) is 0 Å². The van der Waals surface area contributed by atoms with Crippen molar-refractivity contribution in [2.45, 2.75) is 33.2 Å². The Balaban J connectivity index is 2.40. The average molecular weight is 285 g/mol. The van der Waals surface area contributed by atoms with Gasteiger partial charge in [-0.2, -0.15) is 4.98 Å². The maximum atomic E-state index is 12.1. The maximum absolute atomic E-state index is 12.1. The van der Waals surface area contributed by atoms with Crippen LogP contribution in [-0.2, 0) is 0 Å². The number of carbonyl (C=O) groups excluding carboxylic acids is 1. The number of H-pyrrole nitrogens is 1. The molecular formula is C16H19N3O2. The first-order chi connectivity index (χ1) is 9.74. The van der Waals surface area contributed by atoms with E-state index < -0.39 is 5.69 Å². The average Bonchev–Trinajstić information content (AvgIpc) is 2.36. The topological polar surface area (TPSA) is 74.8 Å². The van der Waals surface area contributed by atoms with Gasteiger partial charge in [-0.15, -0.1) is 0 Å². The largest absolute Gasteiger partial charge is 0.346 e. The molecule has 2 aromatic rings. The van der Waals surface area contributed by atoms with Crippen LogP contribution in [0.15, 0.2) is 35.1 Å². The molecule has 0 aliphatic rings. The van der Waals surface area contributed by atoms with Gasteiger partial charge >= 0.3 is 5.69 Å². The number of aromatic amines is 1. The number of benzene rings is 1. The van der Waals surface area contributed by atoms with Gasteiger partial charge in [0.25, 0.3) is 5.91 Å². The molecule has 0 saturated heterocycles. The van der Waals surface area contributed by atoms with Crippen molar-refractivity contribution in [3.8, 4) is 11.3 Å². The van der Waals surface area contributed by atoms with Gasteiger partial charge < -0.3 is 10.3 Å². The van der Waals surface area contributed by atoms with E-state index in [1.54, 1.807) is 6.07 Å². The summed E-state index contributed by atoms with van der Waals surface area (Å²) < 4.78 is 0. The molecule has 110 valence electrons. The Morgan fingerprint density at radius 1 is 1.19 bits per heavy atom. The van der Waals surface area contributed by atoms with Crippen LogP contribution in [0.3, 0.4) is 0 Å². The second-order valence-corrected chi connectivity index (χ2v) is 6.06. The fraction of sp³-hybridized carbons (Fsp3) is 0.312. The molecule has 5 nitrogen and oxygen atoms in total. The molecule has 0 saturated carbocycles. The van der Waals surface area contributed by atoms with Crippen molar-refractivity contribution in [3.63, 3.8) is 0 Å². The Hall–Kier alpha value is -2.43. The number of rotatable bonds is 2. The Kier molecular flexibility index (Phi) is 3.93. The number of amides is 1. The normalized spacial score (nSPS) is 11.2. The molecule has 0 atom stereocenters. The van der Waals surface area contributed by atoms with Crippen molar-refractivity contribution in [3.05, 3.63) is 52.1 Å². The molecule has 2 N–H and O–H groups in total. The van der Waals surface area contributed by atoms with E-state index in [0.29, 0.717) is 5.69 Å². The van der Waals surface area contributed by atoms with Gasteiger partial charge in [-0.3, -0.25) is 4.79 Å². The van der Waals surface area contributed by atoms with Crippen LogP contribution in [0.1, 0.15) is 36.8 Å². The molecule has 1 aromatic heterocycles. The molecule has 21 heavy (non-hydrogen) atoms. The SMILES string of the molecule is Cc1ccc(-c2cc(C(=O)NC(C)(C)C)[nH]c(=O)n2)cc1. The standard InChI is InChI=1S/C16H19N3O2/c1-10-5-7-11(8-6-10)12-9-13(18-15(21)17-12)14(20)19-16(2,3)4/h5-9H,1-4H3,(H,19,20)(H,17,18,21). The van der Waals surface area contributed by atoms with Crippen LogP contribution >= 0.6 is 0 Å². The zero-order valence-electron chi connectivity index (χ0n) is 12.7. The molecule has 1 aromatic carbocycles. The van der Waals surface area contributed by atoms with Gasteiger partial charge in [0, 0.05) is 11.1 Å². The minimum Gasteiger partial charge on any atom is -0.346 e. The molecular weight excluding hydrogens is 266 g/mol. The second-order valence-electron chi connectivity index (χ2n) is 6.06. The Morgan fingerprint density at radius 2 is 1.81 bits per heavy atom. The van der Waals surface area contributed by atoms with Crippen LogP contribution in [0.25, 0.3) is 11.3 Å². The van der Waals surface area contributed by atoms with E-state index in [0.717, 1.165) is 11.1 Å². The lowest BCUT2D eigenvalue weighted by atomic mass is 10.1. The lowest BCUT2D eigenvalue weighted by molar-refractivity contribution is 0.0914. The van der Waals surface area contributed by atoms with E-state index in [9.17, 15) is 9.59 Å². The quantitative estimate of drug-likeness (QED) is 0.889. The third kappa shape index (κ3) is 4.02. The molecule has 5 heteroatoms. The van der Waals surface area contributed by atoms with Gasteiger partial charge in [-0.1, -0.05) is 29.8 Å². The first-order valence-electron chi connectivity index (χ1n) is 6.75. The number of hydrogen-bond donors (Lipinski definition) is 2. The lowest BCUT2D eigenvalue weighted by Crippen LogP contribution is -2.41. The maximum Gasteiger partial charge on any atom is 0.346 e. The van der Waals surface area contributed by atoms with Crippen LogP contribution in [0.5, 0.6) is 0 Å². The molecule has 0 aliphatic carbocycles. The highest BCUT2D eigenvalue weighted by molar-refractivity contribution is 5.93. The fourth-order valence-corrected chi connectivity index (χ4v) is 1.86. The summed E-state index contributed by atoms with van der Waals surface area (Å²) in [6, 6.07) is 9.22. The van der Waals surface area contributed by atoms with Crippen LogP contribution < -0.4 is 11.0 Å². The summed E-state index contributed by atoms with van der Waals surface area (Å²) in [7, 11) is 0. The summed E-state index contributed by atoms with van der Waals surface area (Å²) in [6.45, 7) is 7.62. The zero-order chi connectivity index (χ0) is 15.6. The molecule has 0 aliphatic heterocycles. The minimum atomic E-state index is -0.535. The Morgan fingerprint density at radius 3 is 2.38 bits per heavy atom. The van der Waals surface area contributed by atoms with Gasteiger partial charge in [0.1, 0.15) is 5.69 Å². The minimum absolute atomic E-state index is 0.209. The van der Waals surface area contributed by atoms with Crippen molar-refractivity contribution in [2.24, 2.45) is 0 Å². The molecule has 0 unspecified atom stereocenters. The molecule has 1 amide bonds. The molecule has 1 heterocycles. The third-order valence-electron chi connectivity index (χ3n) is 2.83. The molecule has 0 spiro atoms. The predicted molar refractivity (Wildman–Crippen MR) is 82.2 cm³/mol. The summed E-state index contributed by atoms with van der Waals surface area (Å²) >= 11 is 0. The first-order valence-corrected chi connectivity index (χ1v) is 6.75. The molecule has 0 radical (unpaired) electrons. The highest BCUT2D eigenvalue weighted by atomic mass is 16.2. The van der Waals surface area contributed by atoms with E-state index >= 15 is 0 Å². The number of nitrogens with one attached hydrogen (secondary N) is 2. The van der Waals surface area contributed by atoms with E-state index in [1.165, 1.54) is 0 Å². The van der Waals surface area contributed by atoms with Crippen LogP contribution in [0, 0.1) is 6.92 Å². The lowest BCUT2D eigenvalue weighted by Gasteiger charge is -2.20. The summed E-state index contributed by atoms with van der Waals surface area (Å²) in [5.41, 5.74) is 1.71. The Bertz CT molecular complexity index is 710. The van der Waals surface area contributed by atoms with Crippen molar-refractivity contribution in [1.29, 1.82) is 0 Å². The first kappa shape index (κ1) is 15.0. The summed E-state index contributed by atoms with van der Waals surface area (Å²) in [4.78, 5) is 30.2. The predicted octanol–water partition coefficient (Wildman–Crippen LogP) is 2.27. The zero-order valence-corrected chi connectivity index (χ0v) is 12.7.